The summed E-state index contributed by atoms with van der Waals surface area (Å²) in [5.41, 5.74) is -0.0107. The first-order chi connectivity index (χ1) is 26.9. The summed E-state index contributed by atoms with van der Waals surface area (Å²) >= 11 is 0. The minimum absolute atomic E-state index is 0.0808. The quantitative estimate of drug-likeness (QED) is 0.123. The fourth-order valence-electron chi connectivity index (χ4n) is 9.08. The number of esters is 2. The molecule has 2 aromatic carbocycles. The van der Waals surface area contributed by atoms with Crippen molar-refractivity contribution >= 4 is 11.9 Å². The number of methoxy groups -OCH3 is 1. The fraction of sp³-hybridized carbons (Fsp3) is 0.652. The number of aliphatic hydroxyl groups excluding tert-OH is 1. The lowest BCUT2D eigenvalue weighted by molar-refractivity contribution is -0.301. The van der Waals surface area contributed by atoms with E-state index in [1.165, 1.54) is 0 Å². The second-order valence-electron chi connectivity index (χ2n) is 17.2. The van der Waals surface area contributed by atoms with Gasteiger partial charge in [0.2, 0.25) is 0 Å². The summed E-state index contributed by atoms with van der Waals surface area (Å²) in [4.78, 5) is 30.2. The molecule has 57 heavy (non-hydrogen) atoms. The number of rotatable bonds is 12. The number of cyclic esters (lactones) is 1. The van der Waals surface area contributed by atoms with Crippen LogP contribution in [0.5, 0.6) is 0 Å². The molecule has 2 aromatic rings. The van der Waals surface area contributed by atoms with Gasteiger partial charge in [-0.2, -0.15) is 0 Å². The molecular weight excluding hydrogens is 725 g/mol. The van der Waals surface area contributed by atoms with Crippen LogP contribution in [-0.2, 0) is 35.0 Å². The van der Waals surface area contributed by atoms with E-state index in [2.05, 4.69) is 30.4 Å². The van der Waals surface area contributed by atoms with Gasteiger partial charge in [0.15, 0.2) is 6.29 Å². The van der Waals surface area contributed by atoms with E-state index in [1.54, 1.807) is 45.2 Å². The van der Waals surface area contributed by atoms with Gasteiger partial charge in [0.25, 0.3) is 0 Å². The third-order valence-electron chi connectivity index (χ3n) is 12.3. The Balaban J connectivity index is 1.80. The zero-order chi connectivity index (χ0) is 42.1. The molecule has 3 N–H and O–H groups in total. The van der Waals surface area contributed by atoms with Crippen LogP contribution >= 0.6 is 0 Å². The molecule has 11 heteroatoms. The normalized spacial score (nSPS) is 36.8. The first-order valence-electron chi connectivity index (χ1n) is 20.8. The molecule has 11 nitrogen and oxygen atoms in total. The Morgan fingerprint density at radius 2 is 1.65 bits per heavy atom. The van der Waals surface area contributed by atoms with Gasteiger partial charge in [-0.25, -0.2) is 4.79 Å². The van der Waals surface area contributed by atoms with Crippen molar-refractivity contribution in [2.24, 2.45) is 23.7 Å². The minimum atomic E-state index is -1.44. The van der Waals surface area contributed by atoms with Gasteiger partial charge in [-0.05, 0) is 105 Å². The highest BCUT2D eigenvalue weighted by Crippen LogP contribution is 2.41. The predicted molar refractivity (Wildman–Crippen MR) is 221 cm³/mol. The summed E-state index contributed by atoms with van der Waals surface area (Å²) in [5.74, 6) is -3.33. The van der Waals surface area contributed by atoms with Crippen LogP contribution in [-0.4, -0.2) is 109 Å². The number of hydrogen-bond donors (Lipinski definition) is 3. The van der Waals surface area contributed by atoms with Gasteiger partial charge in [-0.3, -0.25) is 4.79 Å². The highest BCUT2D eigenvalue weighted by atomic mass is 16.7. The number of ether oxygens (including phenoxy) is 5. The summed E-state index contributed by atoms with van der Waals surface area (Å²) in [5, 5.41) is 27.6. The van der Waals surface area contributed by atoms with Crippen LogP contribution < -0.4 is 5.32 Å². The number of hydrogen-bond acceptors (Lipinski definition) is 11. The zero-order valence-corrected chi connectivity index (χ0v) is 36.1. The molecule has 1 fully saturated rings. The minimum Gasteiger partial charge on any atom is -0.459 e. The van der Waals surface area contributed by atoms with E-state index in [0.717, 1.165) is 11.1 Å². The average Bonchev–Trinajstić information content (AvgIpc) is 3.18. The van der Waals surface area contributed by atoms with E-state index < -0.39 is 65.7 Å². The molecule has 2 aliphatic heterocycles. The molecule has 2 heterocycles. The summed E-state index contributed by atoms with van der Waals surface area (Å²) in [7, 11) is 5.46. The molecule has 0 unspecified atom stereocenters. The molecule has 2 aliphatic rings. The first kappa shape index (κ1) is 46.5. The number of aliphatic hydroxyl groups is 2. The standard InChI is InChI=1S/C46H70N2O9/c1-12-38-46(8,52)36(23-24-47-28-34-19-15-13-16-20-34)30(3)25-29(2)27-45(7,53-11)41(57-44-39(49)37(48(9)10)26-31(4)54-44)32(5)40(33(6)42(50)55-38)56-43(51)35-21-17-14-18-22-35/h13-22,25,29,31-33,36-41,44,47,49,52H,12,23-24,26-28H2,1-11H3/b30-25-/t29-,31+,32+,33+,36-,37-,38+,39+,40+,41+,44-,45+,46-/m0/s1. The van der Waals surface area contributed by atoms with Gasteiger partial charge in [-0.1, -0.05) is 81.0 Å². The molecule has 0 aromatic heterocycles. The number of nitrogens with zero attached hydrogens (tertiary/aromatic N) is 1. The molecule has 1 saturated heterocycles. The van der Waals surface area contributed by atoms with Gasteiger partial charge in [0.1, 0.15) is 23.9 Å². The largest absolute Gasteiger partial charge is 0.459 e. The molecule has 0 bridgehead atoms. The molecule has 318 valence electrons. The van der Waals surface area contributed by atoms with Gasteiger partial charge < -0.3 is 44.1 Å². The van der Waals surface area contributed by atoms with Crippen LogP contribution in [0, 0.1) is 23.7 Å². The number of benzene rings is 2. The maximum atomic E-state index is 14.4. The lowest BCUT2D eigenvalue weighted by Crippen LogP contribution is -2.60. The smallest absolute Gasteiger partial charge is 0.338 e. The molecule has 4 rings (SSSR count). The summed E-state index contributed by atoms with van der Waals surface area (Å²) in [6.45, 7) is 16.6. The number of allylic oxidation sites excluding steroid dienone is 1. The Labute approximate surface area is 341 Å². The average molecular weight is 795 g/mol. The number of carbonyl (C=O) groups is 2. The van der Waals surface area contributed by atoms with E-state index in [9.17, 15) is 19.8 Å². The maximum absolute atomic E-state index is 14.4. The van der Waals surface area contributed by atoms with E-state index >= 15 is 0 Å². The molecule has 0 aliphatic carbocycles. The summed E-state index contributed by atoms with van der Waals surface area (Å²) in [6, 6.07) is 18.6. The van der Waals surface area contributed by atoms with Gasteiger partial charge >= 0.3 is 11.9 Å². The Hall–Kier alpha value is -3.16. The topological polar surface area (TPSA) is 136 Å². The molecule has 0 radical (unpaired) electrons. The monoisotopic (exact) mass is 795 g/mol. The van der Waals surface area contributed by atoms with E-state index in [-0.39, 0.29) is 24.0 Å². The van der Waals surface area contributed by atoms with Crippen LogP contribution in [0.25, 0.3) is 0 Å². The van der Waals surface area contributed by atoms with Crippen LogP contribution in [0.15, 0.2) is 72.3 Å². The van der Waals surface area contributed by atoms with Crippen LogP contribution in [0.4, 0.5) is 0 Å². The van der Waals surface area contributed by atoms with Gasteiger partial charge in [-0.15, -0.1) is 0 Å². The van der Waals surface area contributed by atoms with Crippen LogP contribution in [0.2, 0.25) is 0 Å². The Bertz CT molecular complexity index is 1590. The second kappa shape index (κ2) is 20.7. The van der Waals surface area contributed by atoms with E-state index in [1.807, 2.05) is 77.9 Å². The molecule has 0 spiro atoms. The molecular formula is C46H70N2O9. The Morgan fingerprint density at radius 1 is 1.02 bits per heavy atom. The van der Waals surface area contributed by atoms with E-state index in [4.69, 9.17) is 23.7 Å². The van der Waals surface area contributed by atoms with Gasteiger partial charge in [0.05, 0.1) is 29.3 Å². The predicted octanol–water partition coefficient (Wildman–Crippen LogP) is 6.56. The van der Waals surface area contributed by atoms with Crippen molar-refractivity contribution in [2.45, 2.75) is 142 Å². The number of nitrogens with one attached hydrogen (secondary N) is 1. The van der Waals surface area contributed by atoms with E-state index in [0.29, 0.717) is 44.3 Å². The fourth-order valence-corrected chi connectivity index (χ4v) is 9.08. The summed E-state index contributed by atoms with van der Waals surface area (Å²) < 4.78 is 32.2. The van der Waals surface area contributed by atoms with Crippen molar-refractivity contribution in [3.8, 4) is 0 Å². The van der Waals surface area contributed by atoms with Crippen molar-refractivity contribution in [3.63, 3.8) is 0 Å². The van der Waals surface area contributed by atoms with Crippen molar-refractivity contribution in [2.75, 3.05) is 27.7 Å². The third-order valence-corrected chi connectivity index (χ3v) is 12.3. The highest BCUT2D eigenvalue weighted by molar-refractivity contribution is 5.89. The highest BCUT2D eigenvalue weighted by Gasteiger charge is 2.51. The maximum Gasteiger partial charge on any atom is 0.338 e. The van der Waals surface area contributed by atoms with Crippen molar-refractivity contribution in [1.29, 1.82) is 0 Å². The molecule has 13 atom stereocenters. The van der Waals surface area contributed by atoms with Crippen LogP contribution in [0.1, 0.15) is 97.0 Å². The van der Waals surface area contributed by atoms with Crippen molar-refractivity contribution < 1.29 is 43.5 Å². The number of likely N-dealkylation sites (N-methyl/N-ethyl adjacent to an activating group) is 1. The lowest BCUT2D eigenvalue weighted by Gasteiger charge is -2.48. The van der Waals surface area contributed by atoms with Crippen LogP contribution in [0.3, 0.4) is 0 Å². The Morgan fingerprint density at radius 3 is 2.25 bits per heavy atom. The SMILES string of the molecule is CC[C@H]1OC(=O)[C@H](C)[C@H](OC(=O)c2ccccc2)[C@@H](C)[C@@H](O[C@@H]2O[C@H](C)C[C@H](N(C)C)[C@H]2O)[C@](C)(OC)C[C@@H](C)/C=C(/C)[C@H](CCNCc2ccccc2)[C@]1(C)O. The number of carbonyl (C=O) groups excluding carboxylic acids is 2. The Kier molecular flexibility index (Phi) is 16.9. The molecule has 0 amide bonds. The lowest BCUT2D eigenvalue weighted by atomic mass is 9.74. The third kappa shape index (κ3) is 11.7. The first-order valence-corrected chi connectivity index (χ1v) is 20.8. The molecule has 0 saturated carbocycles. The van der Waals surface area contributed by atoms with Gasteiger partial charge in [0, 0.05) is 31.5 Å². The summed E-state index contributed by atoms with van der Waals surface area (Å²) in [6.07, 6.45) is -0.819. The second-order valence-corrected chi connectivity index (χ2v) is 17.2. The van der Waals surface area contributed by atoms with Crippen molar-refractivity contribution in [3.05, 3.63) is 83.4 Å². The zero-order valence-electron chi connectivity index (χ0n) is 36.1. The van der Waals surface area contributed by atoms with Crippen molar-refractivity contribution in [1.82, 2.24) is 10.2 Å².